The minimum atomic E-state index is -0.990. The molecule has 23 heavy (non-hydrogen) atoms. The Labute approximate surface area is 132 Å². The zero-order chi connectivity index (χ0) is 15.8. The Morgan fingerprint density at radius 3 is 3.04 bits per heavy atom. The molecule has 2 aliphatic rings. The summed E-state index contributed by atoms with van der Waals surface area (Å²) in [7, 11) is 0. The Hall–Kier alpha value is -2.54. The van der Waals surface area contributed by atoms with Gasteiger partial charge in [-0.1, -0.05) is 12.1 Å². The molecule has 0 amide bonds. The van der Waals surface area contributed by atoms with Gasteiger partial charge in [0, 0.05) is 37.3 Å². The SMILES string of the molecule is O=C(O)c1n[nH]c2c1CN(CC1COc3ccccc3O1)CC2. The number of rotatable bonds is 3. The summed E-state index contributed by atoms with van der Waals surface area (Å²) < 4.78 is 11.7. The molecular formula is C16H17N3O4. The number of aromatic amines is 1. The first-order valence-corrected chi connectivity index (χ1v) is 7.61. The predicted octanol–water partition coefficient (Wildman–Crippen LogP) is 1.31. The number of hydrogen-bond acceptors (Lipinski definition) is 5. The number of carbonyl (C=O) groups is 1. The summed E-state index contributed by atoms with van der Waals surface area (Å²) in [4.78, 5) is 13.4. The number of nitrogens with zero attached hydrogens (tertiary/aromatic N) is 2. The maximum Gasteiger partial charge on any atom is 0.356 e. The fourth-order valence-corrected chi connectivity index (χ4v) is 3.12. The summed E-state index contributed by atoms with van der Waals surface area (Å²) >= 11 is 0. The van der Waals surface area contributed by atoms with E-state index in [0.29, 0.717) is 19.7 Å². The molecule has 2 aromatic rings. The van der Waals surface area contributed by atoms with Crippen LogP contribution in [0.15, 0.2) is 24.3 Å². The molecule has 7 nitrogen and oxygen atoms in total. The van der Waals surface area contributed by atoms with Gasteiger partial charge < -0.3 is 14.6 Å². The van der Waals surface area contributed by atoms with E-state index < -0.39 is 5.97 Å². The highest BCUT2D eigenvalue weighted by atomic mass is 16.6. The predicted molar refractivity (Wildman–Crippen MR) is 80.9 cm³/mol. The molecule has 1 aromatic carbocycles. The highest BCUT2D eigenvalue weighted by molar-refractivity contribution is 5.87. The Morgan fingerprint density at radius 2 is 2.22 bits per heavy atom. The van der Waals surface area contributed by atoms with Gasteiger partial charge >= 0.3 is 5.97 Å². The number of carboxylic acid groups (broad SMARTS) is 1. The van der Waals surface area contributed by atoms with E-state index in [1.807, 2.05) is 24.3 Å². The minimum absolute atomic E-state index is 0.0633. The van der Waals surface area contributed by atoms with Crippen molar-refractivity contribution in [3.63, 3.8) is 0 Å². The summed E-state index contributed by atoms with van der Waals surface area (Å²) in [6, 6.07) is 7.63. The summed E-state index contributed by atoms with van der Waals surface area (Å²) in [6.45, 7) is 2.60. The fourth-order valence-electron chi connectivity index (χ4n) is 3.12. The molecule has 120 valence electrons. The van der Waals surface area contributed by atoms with Crippen molar-refractivity contribution in [2.45, 2.75) is 19.1 Å². The quantitative estimate of drug-likeness (QED) is 0.888. The van der Waals surface area contributed by atoms with Gasteiger partial charge in [0.25, 0.3) is 0 Å². The van der Waals surface area contributed by atoms with E-state index in [1.165, 1.54) is 0 Å². The minimum Gasteiger partial charge on any atom is -0.486 e. The van der Waals surface area contributed by atoms with Gasteiger partial charge in [0.1, 0.15) is 12.7 Å². The van der Waals surface area contributed by atoms with Gasteiger partial charge in [0.15, 0.2) is 17.2 Å². The molecule has 0 radical (unpaired) electrons. The lowest BCUT2D eigenvalue weighted by Gasteiger charge is -2.33. The monoisotopic (exact) mass is 315 g/mol. The third-order valence-electron chi connectivity index (χ3n) is 4.24. The lowest BCUT2D eigenvalue weighted by Crippen LogP contribution is -2.43. The summed E-state index contributed by atoms with van der Waals surface area (Å²) in [6.07, 6.45) is 0.700. The van der Waals surface area contributed by atoms with E-state index in [1.54, 1.807) is 0 Å². The van der Waals surface area contributed by atoms with Crippen LogP contribution in [0.3, 0.4) is 0 Å². The number of benzene rings is 1. The van der Waals surface area contributed by atoms with Crippen LogP contribution in [0.2, 0.25) is 0 Å². The third-order valence-corrected chi connectivity index (χ3v) is 4.24. The summed E-state index contributed by atoms with van der Waals surface area (Å²) in [5.74, 6) is 0.541. The molecule has 0 fully saturated rings. The molecule has 0 aliphatic carbocycles. The Kier molecular flexibility index (Phi) is 3.42. The first-order chi connectivity index (χ1) is 11.2. The number of aromatic nitrogens is 2. The van der Waals surface area contributed by atoms with Crippen molar-refractivity contribution in [3.8, 4) is 11.5 Å². The van der Waals surface area contributed by atoms with E-state index in [-0.39, 0.29) is 11.8 Å². The fraction of sp³-hybridized carbons (Fsp3) is 0.375. The average Bonchev–Trinajstić information content (AvgIpc) is 2.98. The van der Waals surface area contributed by atoms with Crippen LogP contribution in [-0.2, 0) is 13.0 Å². The van der Waals surface area contributed by atoms with Gasteiger partial charge in [-0.05, 0) is 12.1 Å². The van der Waals surface area contributed by atoms with E-state index >= 15 is 0 Å². The van der Waals surface area contributed by atoms with Crippen molar-refractivity contribution in [1.29, 1.82) is 0 Å². The zero-order valence-electron chi connectivity index (χ0n) is 12.5. The van der Waals surface area contributed by atoms with Gasteiger partial charge in [0.2, 0.25) is 0 Å². The van der Waals surface area contributed by atoms with E-state index in [4.69, 9.17) is 9.47 Å². The van der Waals surface area contributed by atoms with Crippen molar-refractivity contribution in [2.24, 2.45) is 0 Å². The van der Waals surface area contributed by atoms with Gasteiger partial charge in [-0.3, -0.25) is 10.00 Å². The molecule has 1 atom stereocenters. The average molecular weight is 315 g/mol. The molecule has 7 heteroatoms. The molecule has 0 spiro atoms. The Balaban J connectivity index is 1.45. The normalized spacial score (nSPS) is 20.1. The number of aromatic carboxylic acids is 1. The lowest BCUT2D eigenvalue weighted by molar-refractivity contribution is 0.0544. The van der Waals surface area contributed by atoms with Crippen molar-refractivity contribution in [1.82, 2.24) is 15.1 Å². The van der Waals surface area contributed by atoms with Crippen LogP contribution in [0.5, 0.6) is 11.5 Å². The molecule has 4 rings (SSSR count). The molecule has 2 N–H and O–H groups in total. The van der Waals surface area contributed by atoms with Crippen molar-refractivity contribution in [3.05, 3.63) is 41.2 Å². The number of hydrogen-bond donors (Lipinski definition) is 2. The third kappa shape index (κ3) is 2.63. The summed E-state index contributed by atoms with van der Waals surface area (Å²) in [5, 5.41) is 15.9. The first-order valence-electron chi connectivity index (χ1n) is 7.61. The lowest BCUT2D eigenvalue weighted by atomic mass is 10.0. The van der Waals surface area contributed by atoms with Crippen LogP contribution in [0, 0.1) is 0 Å². The second-order valence-electron chi connectivity index (χ2n) is 5.82. The number of para-hydroxylation sites is 2. The Morgan fingerprint density at radius 1 is 1.39 bits per heavy atom. The number of ether oxygens (including phenoxy) is 2. The van der Waals surface area contributed by atoms with Crippen LogP contribution < -0.4 is 9.47 Å². The number of H-pyrrole nitrogens is 1. The topological polar surface area (TPSA) is 87.7 Å². The number of nitrogens with one attached hydrogen (secondary N) is 1. The van der Waals surface area contributed by atoms with Crippen molar-refractivity contribution < 1.29 is 19.4 Å². The number of carboxylic acids is 1. The van der Waals surface area contributed by atoms with Crippen LogP contribution in [0.4, 0.5) is 0 Å². The van der Waals surface area contributed by atoms with Crippen LogP contribution >= 0.6 is 0 Å². The van der Waals surface area contributed by atoms with Gasteiger partial charge in [-0.25, -0.2) is 4.79 Å². The number of fused-ring (bicyclic) bond motifs is 2. The molecule has 0 saturated heterocycles. The van der Waals surface area contributed by atoms with Crippen molar-refractivity contribution >= 4 is 5.97 Å². The molecule has 2 aliphatic heterocycles. The second-order valence-corrected chi connectivity index (χ2v) is 5.82. The largest absolute Gasteiger partial charge is 0.486 e. The second kappa shape index (κ2) is 5.58. The standard InChI is InChI=1S/C16H17N3O4/c20-16(21)15-11-8-19(6-5-12(11)17-18-15)7-10-9-22-13-3-1-2-4-14(13)23-10/h1-4,10H,5-9H2,(H,17,18)(H,20,21). The highest BCUT2D eigenvalue weighted by Gasteiger charge is 2.28. The van der Waals surface area contributed by atoms with Gasteiger partial charge in [-0.2, -0.15) is 5.10 Å². The van der Waals surface area contributed by atoms with E-state index in [2.05, 4.69) is 15.1 Å². The summed E-state index contributed by atoms with van der Waals surface area (Å²) in [5.41, 5.74) is 1.82. The molecule has 1 unspecified atom stereocenters. The molecular weight excluding hydrogens is 298 g/mol. The zero-order valence-corrected chi connectivity index (χ0v) is 12.5. The van der Waals surface area contributed by atoms with Crippen molar-refractivity contribution in [2.75, 3.05) is 19.7 Å². The molecule has 3 heterocycles. The van der Waals surface area contributed by atoms with Crippen LogP contribution in [0.25, 0.3) is 0 Å². The van der Waals surface area contributed by atoms with Crippen LogP contribution in [0.1, 0.15) is 21.7 Å². The van der Waals surface area contributed by atoms with E-state index in [0.717, 1.165) is 35.7 Å². The molecule has 1 aromatic heterocycles. The van der Waals surface area contributed by atoms with Gasteiger partial charge in [0.05, 0.1) is 0 Å². The maximum absolute atomic E-state index is 11.2. The molecule has 0 saturated carbocycles. The van der Waals surface area contributed by atoms with Gasteiger partial charge in [-0.15, -0.1) is 0 Å². The maximum atomic E-state index is 11.2. The highest BCUT2D eigenvalue weighted by Crippen LogP contribution is 2.31. The first kappa shape index (κ1) is 14.1. The Bertz CT molecular complexity index is 743. The smallest absolute Gasteiger partial charge is 0.356 e. The van der Waals surface area contributed by atoms with Crippen LogP contribution in [-0.4, -0.2) is 52.0 Å². The molecule has 0 bridgehead atoms. The van der Waals surface area contributed by atoms with E-state index in [9.17, 15) is 9.90 Å².